The van der Waals surface area contributed by atoms with E-state index in [1.807, 2.05) is 29.6 Å². The molecular formula is C10H13Cl3N4S. The summed E-state index contributed by atoms with van der Waals surface area (Å²) in [6.45, 7) is 0. The zero-order chi connectivity index (χ0) is 10.3. The van der Waals surface area contributed by atoms with E-state index in [0.29, 0.717) is 0 Å². The van der Waals surface area contributed by atoms with Crippen molar-refractivity contribution in [3.8, 4) is 0 Å². The van der Waals surface area contributed by atoms with Gasteiger partial charge in [0.2, 0.25) is 0 Å². The largest absolute Gasteiger partial charge is 0.319 e. The molecule has 0 saturated heterocycles. The number of fused-ring (bicyclic) bond motifs is 1. The highest BCUT2D eigenvalue weighted by atomic mass is 35.5. The van der Waals surface area contributed by atoms with Gasteiger partial charge in [-0.2, -0.15) is 0 Å². The van der Waals surface area contributed by atoms with Gasteiger partial charge >= 0.3 is 0 Å². The molecule has 0 saturated carbocycles. The highest BCUT2D eigenvalue weighted by Gasteiger charge is 2.38. The fourth-order valence-electron chi connectivity index (χ4n) is 1.76. The number of hydrogen-bond donors (Lipinski definition) is 3. The predicted molar refractivity (Wildman–Crippen MR) is 82.0 cm³/mol. The number of nitrogens with one attached hydrogen (secondary N) is 2. The average Bonchev–Trinajstić information content (AvgIpc) is 2.88. The fourth-order valence-corrected chi connectivity index (χ4v) is 2.48. The molecule has 1 unspecified atom stereocenters. The van der Waals surface area contributed by atoms with Crippen molar-refractivity contribution in [3.63, 3.8) is 0 Å². The Kier molecular flexibility index (Phi) is 6.36. The van der Waals surface area contributed by atoms with E-state index < -0.39 is 5.66 Å². The molecule has 0 radical (unpaired) electrons. The van der Waals surface area contributed by atoms with E-state index >= 15 is 0 Å². The van der Waals surface area contributed by atoms with Gasteiger partial charge in [0.1, 0.15) is 5.01 Å². The molecule has 1 aliphatic rings. The molecule has 4 N–H and O–H groups in total. The Morgan fingerprint density at radius 1 is 1.17 bits per heavy atom. The van der Waals surface area contributed by atoms with Gasteiger partial charge in [0.05, 0.1) is 5.69 Å². The van der Waals surface area contributed by atoms with Gasteiger partial charge in [0, 0.05) is 17.1 Å². The summed E-state index contributed by atoms with van der Waals surface area (Å²) in [6.07, 6.45) is 1.76. The Morgan fingerprint density at radius 3 is 2.56 bits per heavy atom. The molecule has 0 spiro atoms. The summed E-state index contributed by atoms with van der Waals surface area (Å²) in [5.41, 5.74) is 13.8. The minimum absolute atomic E-state index is 0. The highest BCUT2D eigenvalue weighted by molar-refractivity contribution is 7.09. The number of hydrazine groups is 1. The lowest BCUT2D eigenvalue weighted by molar-refractivity contribution is 0.481. The predicted octanol–water partition coefficient (Wildman–Crippen LogP) is 2.50. The zero-order valence-electron chi connectivity index (χ0n) is 9.12. The second kappa shape index (κ2) is 6.56. The molecule has 1 aromatic carbocycles. The molecule has 2 heterocycles. The minimum Gasteiger partial charge on any atom is -0.319 e. The van der Waals surface area contributed by atoms with Gasteiger partial charge in [0.25, 0.3) is 0 Å². The van der Waals surface area contributed by atoms with Gasteiger partial charge in [-0.05, 0) is 6.07 Å². The Hall–Kier alpha value is -0.560. The van der Waals surface area contributed by atoms with Crippen LogP contribution in [0, 0.1) is 0 Å². The number of benzene rings is 1. The Morgan fingerprint density at radius 2 is 1.89 bits per heavy atom. The number of para-hydroxylation sites is 1. The van der Waals surface area contributed by atoms with E-state index in [0.717, 1.165) is 16.3 Å². The van der Waals surface area contributed by atoms with Crippen LogP contribution in [-0.2, 0) is 5.66 Å². The molecule has 3 rings (SSSR count). The van der Waals surface area contributed by atoms with Gasteiger partial charge in [0.15, 0.2) is 5.66 Å². The van der Waals surface area contributed by atoms with Gasteiger partial charge in [-0.25, -0.2) is 10.4 Å². The summed E-state index contributed by atoms with van der Waals surface area (Å²) < 4.78 is 0. The molecule has 1 aromatic heterocycles. The average molecular weight is 328 g/mol. The van der Waals surface area contributed by atoms with Crippen LogP contribution in [0.15, 0.2) is 35.8 Å². The van der Waals surface area contributed by atoms with E-state index in [2.05, 4.69) is 15.8 Å². The van der Waals surface area contributed by atoms with Gasteiger partial charge in [-0.3, -0.25) is 0 Å². The van der Waals surface area contributed by atoms with Crippen molar-refractivity contribution >= 4 is 54.2 Å². The second-order valence-corrected chi connectivity index (χ2v) is 4.34. The van der Waals surface area contributed by atoms with Crippen LogP contribution in [0.5, 0.6) is 0 Å². The topological polar surface area (TPSA) is 63.0 Å². The first-order chi connectivity index (χ1) is 7.31. The van der Waals surface area contributed by atoms with Crippen LogP contribution in [-0.4, -0.2) is 4.98 Å². The normalized spacial score (nSPS) is 19.6. The zero-order valence-corrected chi connectivity index (χ0v) is 12.4. The fraction of sp³-hybridized carbons (Fsp3) is 0.100. The van der Waals surface area contributed by atoms with Crippen LogP contribution >= 0.6 is 48.6 Å². The van der Waals surface area contributed by atoms with Crippen LogP contribution in [0.2, 0.25) is 0 Å². The molecular weight excluding hydrogens is 315 g/mol. The van der Waals surface area contributed by atoms with Crippen molar-refractivity contribution in [1.82, 2.24) is 10.4 Å². The highest BCUT2D eigenvalue weighted by Crippen LogP contribution is 2.34. The van der Waals surface area contributed by atoms with E-state index in [1.54, 1.807) is 17.5 Å². The molecule has 0 fully saturated rings. The standard InChI is InChI=1S/C10H10N4S.3ClH/c11-10(9-12-5-6-15-9)7-3-1-2-4-8(7)13-14-10;;;/h1-6,13-14H,11H2;3*1H. The molecule has 0 amide bonds. The van der Waals surface area contributed by atoms with Gasteiger partial charge in [-0.1, -0.05) is 18.2 Å². The molecule has 0 bridgehead atoms. The lowest BCUT2D eigenvalue weighted by atomic mass is 10.0. The molecule has 8 heteroatoms. The van der Waals surface area contributed by atoms with Crippen LogP contribution in [0.25, 0.3) is 0 Å². The van der Waals surface area contributed by atoms with Crippen molar-refractivity contribution in [2.75, 3.05) is 5.43 Å². The third kappa shape index (κ3) is 2.56. The maximum absolute atomic E-state index is 6.31. The first kappa shape index (κ1) is 17.4. The summed E-state index contributed by atoms with van der Waals surface area (Å²) in [4.78, 5) is 4.26. The quantitative estimate of drug-likeness (QED) is 0.753. The number of thiazole rings is 1. The number of nitrogens with two attached hydrogens (primary N) is 1. The van der Waals surface area contributed by atoms with Crippen LogP contribution < -0.4 is 16.6 Å². The number of nitrogens with zero attached hydrogens (tertiary/aromatic N) is 1. The van der Waals surface area contributed by atoms with Crippen molar-refractivity contribution in [1.29, 1.82) is 0 Å². The monoisotopic (exact) mass is 326 g/mol. The molecule has 0 aliphatic carbocycles. The van der Waals surface area contributed by atoms with Crippen molar-refractivity contribution in [3.05, 3.63) is 46.4 Å². The molecule has 18 heavy (non-hydrogen) atoms. The van der Waals surface area contributed by atoms with E-state index in [1.165, 1.54) is 0 Å². The van der Waals surface area contributed by atoms with Crippen molar-refractivity contribution in [2.45, 2.75) is 5.66 Å². The molecule has 100 valence electrons. The lowest BCUT2D eigenvalue weighted by Crippen LogP contribution is -2.48. The summed E-state index contributed by atoms with van der Waals surface area (Å²) in [6, 6.07) is 7.94. The summed E-state index contributed by atoms with van der Waals surface area (Å²) >= 11 is 1.54. The third-order valence-corrected chi connectivity index (χ3v) is 3.42. The first-order valence-electron chi connectivity index (χ1n) is 4.62. The van der Waals surface area contributed by atoms with Gasteiger partial charge in [-0.15, -0.1) is 48.6 Å². The minimum atomic E-state index is -0.704. The lowest BCUT2D eigenvalue weighted by Gasteiger charge is -2.21. The number of halogens is 3. The second-order valence-electron chi connectivity index (χ2n) is 3.44. The summed E-state index contributed by atoms with van der Waals surface area (Å²) in [5, 5.41) is 2.78. The van der Waals surface area contributed by atoms with Crippen LogP contribution in [0.3, 0.4) is 0 Å². The Bertz CT molecular complexity index is 494. The number of rotatable bonds is 1. The smallest absolute Gasteiger partial charge is 0.164 e. The van der Waals surface area contributed by atoms with Crippen molar-refractivity contribution < 1.29 is 0 Å². The summed E-state index contributed by atoms with van der Waals surface area (Å²) in [5.74, 6) is 0. The number of hydrogen-bond acceptors (Lipinski definition) is 5. The van der Waals surface area contributed by atoms with E-state index in [9.17, 15) is 0 Å². The Balaban J connectivity index is 0.000000963. The van der Waals surface area contributed by atoms with E-state index in [-0.39, 0.29) is 37.2 Å². The van der Waals surface area contributed by atoms with Crippen LogP contribution in [0.4, 0.5) is 5.69 Å². The molecule has 2 aromatic rings. The van der Waals surface area contributed by atoms with Crippen LogP contribution in [0.1, 0.15) is 10.6 Å². The number of aromatic nitrogens is 1. The van der Waals surface area contributed by atoms with Crippen molar-refractivity contribution in [2.24, 2.45) is 5.73 Å². The van der Waals surface area contributed by atoms with Gasteiger partial charge < -0.3 is 11.2 Å². The number of anilines is 1. The maximum atomic E-state index is 6.31. The maximum Gasteiger partial charge on any atom is 0.164 e. The molecule has 1 atom stereocenters. The summed E-state index contributed by atoms with van der Waals surface area (Å²) in [7, 11) is 0. The third-order valence-electron chi connectivity index (χ3n) is 2.52. The van der Waals surface area contributed by atoms with E-state index in [4.69, 9.17) is 5.73 Å². The first-order valence-corrected chi connectivity index (χ1v) is 5.50. The SMILES string of the molecule is Cl.Cl.Cl.NC1(c2nccs2)NNc2ccccc21. The molecule has 1 aliphatic heterocycles. The Labute approximate surface area is 128 Å². The molecule has 4 nitrogen and oxygen atoms in total.